The number of benzene rings is 1. The lowest BCUT2D eigenvalue weighted by molar-refractivity contribution is -0.129. The highest BCUT2D eigenvalue weighted by Crippen LogP contribution is 2.30. The molecule has 2 N–H and O–H groups in total. The summed E-state index contributed by atoms with van der Waals surface area (Å²) in [6, 6.07) is 6.44. The van der Waals surface area contributed by atoms with Crippen molar-refractivity contribution < 1.29 is 13.6 Å². The summed E-state index contributed by atoms with van der Waals surface area (Å²) in [5.41, 5.74) is 7.20. The van der Waals surface area contributed by atoms with Crippen LogP contribution in [0.25, 0.3) is 11.3 Å². The molecule has 1 aromatic carbocycles. The minimum Gasteiger partial charge on any atom is -0.397 e. The van der Waals surface area contributed by atoms with E-state index in [2.05, 4.69) is 15.2 Å². The van der Waals surface area contributed by atoms with Crippen LogP contribution in [0.1, 0.15) is 28.0 Å². The van der Waals surface area contributed by atoms with Gasteiger partial charge >= 0.3 is 0 Å². The van der Waals surface area contributed by atoms with Gasteiger partial charge in [-0.25, -0.2) is 8.78 Å². The van der Waals surface area contributed by atoms with Crippen molar-refractivity contribution in [1.29, 1.82) is 0 Å². The molecule has 0 bridgehead atoms. The predicted molar refractivity (Wildman–Crippen MR) is 106 cm³/mol. The fourth-order valence-corrected chi connectivity index (χ4v) is 4.25. The van der Waals surface area contributed by atoms with Crippen molar-refractivity contribution in [3.63, 3.8) is 0 Å². The van der Waals surface area contributed by atoms with Gasteiger partial charge in [-0.1, -0.05) is 0 Å². The molecule has 3 heterocycles. The summed E-state index contributed by atoms with van der Waals surface area (Å²) in [7, 11) is 0. The molecule has 0 saturated carbocycles. The summed E-state index contributed by atoms with van der Waals surface area (Å²) in [6.07, 6.45) is 0.856. The molecule has 9 heteroatoms. The van der Waals surface area contributed by atoms with E-state index >= 15 is 0 Å². The Balaban J connectivity index is 1.50. The topological polar surface area (TPSA) is 85.0 Å². The van der Waals surface area contributed by atoms with Gasteiger partial charge < -0.3 is 10.6 Å². The van der Waals surface area contributed by atoms with E-state index in [0.717, 1.165) is 22.5 Å². The van der Waals surface area contributed by atoms with Crippen LogP contribution in [0.3, 0.4) is 0 Å². The van der Waals surface area contributed by atoms with Crippen molar-refractivity contribution in [1.82, 2.24) is 20.1 Å². The van der Waals surface area contributed by atoms with E-state index in [-0.39, 0.29) is 23.8 Å². The van der Waals surface area contributed by atoms with E-state index in [1.165, 1.54) is 12.1 Å². The molecule has 1 unspecified atom stereocenters. The van der Waals surface area contributed by atoms with Crippen molar-refractivity contribution >= 4 is 22.9 Å². The number of halogens is 2. The van der Waals surface area contributed by atoms with Crippen LogP contribution in [0.4, 0.5) is 14.5 Å². The number of amides is 1. The van der Waals surface area contributed by atoms with Crippen LogP contribution in [-0.4, -0.2) is 39.1 Å². The van der Waals surface area contributed by atoms with E-state index in [9.17, 15) is 13.6 Å². The zero-order chi connectivity index (χ0) is 20.5. The number of nitrogens with two attached hydrogens (primary N) is 1. The summed E-state index contributed by atoms with van der Waals surface area (Å²) in [4.78, 5) is 18.9. The first kappa shape index (κ1) is 19.4. The molecule has 1 fully saturated rings. The summed E-state index contributed by atoms with van der Waals surface area (Å²) in [6.45, 7) is 3.12. The Kier molecular flexibility index (Phi) is 5.23. The molecule has 1 amide bonds. The fraction of sp³-hybridized carbons (Fsp3) is 0.300. The number of hydrogen-bond acceptors (Lipinski definition) is 6. The molecular formula is C20H19F2N5OS. The van der Waals surface area contributed by atoms with Gasteiger partial charge in [-0.05, 0) is 37.6 Å². The maximum atomic E-state index is 14.1. The average Bonchev–Trinajstić information content (AvgIpc) is 3.33. The molecule has 4 rings (SSSR count). The van der Waals surface area contributed by atoms with Crippen LogP contribution in [0.15, 0.2) is 30.3 Å². The van der Waals surface area contributed by atoms with Gasteiger partial charge in [-0.15, -0.1) is 21.5 Å². The minimum atomic E-state index is -0.714. The third-order valence-corrected chi connectivity index (χ3v) is 5.97. The van der Waals surface area contributed by atoms with E-state index < -0.39 is 11.6 Å². The van der Waals surface area contributed by atoms with E-state index in [1.54, 1.807) is 28.4 Å². The van der Waals surface area contributed by atoms with Gasteiger partial charge in [0.15, 0.2) is 0 Å². The summed E-state index contributed by atoms with van der Waals surface area (Å²) in [5.74, 6) is -1.28. The number of pyridine rings is 1. The second-order valence-corrected chi connectivity index (χ2v) is 8.23. The van der Waals surface area contributed by atoms with Gasteiger partial charge in [0.05, 0.1) is 23.5 Å². The Bertz CT molecular complexity index is 1070. The van der Waals surface area contributed by atoms with E-state index in [0.29, 0.717) is 30.2 Å². The van der Waals surface area contributed by atoms with Crippen LogP contribution >= 0.6 is 11.3 Å². The Morgan fingerprint density at radius 2 is 2.10 bits per heavy atom. The molecule has 1 atom stereocenters. The number of anilines is 1. The molecule has 1 aliphatic heterocycles. The SMILES string of the molecule is Cc1nnc(C2CCN(C(=O)Cc3nc(-c4ccc(F)cc4F)ccc3N)C2)s1. The van der Waals surface area contributed by atoms with Crippen molar-refractivity contribution in [2.24, 2.45) is 0 Å². The molecule has 1 saturated heterocycles. The number of nitrogen functional groups attached to an aromatic ring is 1. The lowest BCUT2D eigenvalue weighted by atomic mass is 10.1. The molecule has 3 aromatic rings. The number of nitrogens with zero attached hydrogens (tertiary/aromatic N) is 4. The summed E-state index contributed by atoms with van der Waals surface area (Å²) < 4.78 is 27.3. The molecular weight excluding hydrogens is 396 g/mol. The van der Waals surface area contributed by atoms with E-state index in [1.807, 2.05) is 6.92 Å². The molecule has 0 aliphatic carbocycles. The highest BCUT2D eigenvalue weighted by molar-refractivity contribution is 7.11. The lowest BCUT2D eigenvalue weighted by Crippen LogP contribution is -2.30. The highest BCUT2D eigenvalue weighted by atomic mass is 32.1. The van der Waals surface area contributed by atoms with Crippen molar-refractivity contribution in [3.8, 4) is 11.3 Å². The summed E-state index contributed by atoms with van der Waals surface area (Å²) in [5, 5.41) is 10.1. The van der Waals surface area contributed by atoms with Crippen LogP contribution in [0.5, 0.6) is 0 Å². The largest absolute Gasteiger partial charge is 0.397 e. The normalized spacial score (nSPS) is 16.4. The Morgan fingerprint density at radius 1 is 1.28 bits per heavy atom. The highest BCUT2D eigenvalue weighted by Gasteiger charge is 2.30. The van der Waals surface area contributed by atoms with Gasteiger partial charge in [-0.2, -0.15) is 0 Å². The first-order chi connectivity index (χ1) is 13.9. The molecule has 150 valence electrons. The first-order valence-electron chi connectivity index (χ1n) is 9.19. The van der Waals surface area contributed by atoms with Crippen molar-refractivity contribution in [3.05, 3.63) is 57.7 Å². The Morgan fingerprint density at radius 3 is 2.83 bits per heavy atom. The van der Waals surface area contributed by atoms with Gasteiger partial charge in [0.25, 0.3) is 0 Å². The number of aromatic nitrogens is 3. The monoisotopic (exact) mass is 415 g/mol. The van der Waals surface area contributed by atoms with Crippen molar-refractivity contribution in [2.45, 2.75) is 25.7 Å². The molecule has 0 spiro atoms. The number of carbonyl (C=O) groups is 1. The number of rotatable bonds is 4. The quantitative estimate of drug-likeness (QED) is 0.707. The van der Waals surface area contributed by atoms with Gasteiger partial charge in [0.2, 0.25) is 5.91 Å². The smallest absolute Gasteiger partial charge is 0.228 e. The molecule has 2 aromatic heterocycles. The van der Waals surface area contributed by atoms with Gasteiger partial charge in [-0.3, -0.25) is 9.78 Å². The number of likely N-dealkylation sites (tertiary alicyclic amines) is 1. The molecule has 29 heavy (non-hydrogen) atoms. The predicted octanol–water partition coefficient (Wildman–Crippen LogP) is 3.33. The zero-order valence-electron chi connectivity index (χ0n) is 15.7. The molecule has 0 radical (unpaired) electrons. The average molecular weight is 415 g/mol. The van der Waals surface area contributed by atoms with Gasteiger partial charge in [0, 0.05) is 30.6 Å². The maximum Gasteiger partial charge on any atom is 0.228 e. The first-order valence-corrected chi connectivity index (χ1v) is 10.0. The van der Waals surface area contributed by atoms with E-state index in [4.69, 9.17) is 5.73 Å². The second kappa shape index (κ2) is 7.82. The third-order valence-electron chi connectivity index (χ3n) is 4.97. The standard InChI is InChI=1S/C20H19F2N5OS/c1-11-25-26-20(29-11)12-6-7-27(10-12)19(28)9-18-16(23)4-5-17(24-18)14-3-2-13(21)8-15(14)22/h2-5,8,12H,6-7,9-10,23H2,1H3. The number of hydrogen-bond donors (Lipinski definition) is 1. The number of aryl methyl sites for hydroxylation is 1. The Labute approximate surface area is 170 Å². The van der Waals surface area contributed by atoms with Crippen LogP contribution in [-0.2, 0) is 11.2 Å². The molecule has 1 aliphatic rings. The van der Waals surface area contributed by atoms with Gasteiger partial charge in [0.1, 0.15) is 21.6 Å². The summed E-state index contributed by atoms with van der Waals surface area (Å²) >= 11 is 1.55. The molecule has 6 nitrogen and oxygen atoms in total. The van der Waals surface area contributed by atoms with Crippen LogP contribution in [0, 0.1) is 18.6 Å². The third kappa shape index (κ3) is 4.09. The Hall–Kier alpha value is -2.94. The number of carbonyl (C=O) groups excluding carboxylic acids is 1. The zero-order valence-corrected chi connectivity index (χ0v) is 16.5. The van der Waals surface area contributed by atoms with Crippen molar-refractivity contribution in [2.75, 3.05) is 18.8 Å². The fourth-order valence-electron chi connectivity index (χ4n) is 3.42. The lowest BCUT2D eigenvalue weighted by Gasteiger charge is -2.17. The van der Waals surface area contributed by atoms with Crippen LogP contribution in [0.2, 0.25) is 0 Å². The van der Waals surface area contributed by atoms with Crippen LogP contribution < -0.4 is 5.73 Å². The second-order valence-electron chi connectivity index (χ2n) is 7.02. The minimum absolute atomic E-state index is 0.0182. The maximum absolute atomic E-state index is 14.1.